The lowest BCUT2D eigenvalue weighted by Gasteiger charge is -2.30. The molecule has 15 atom stereocenters. The van der Waals surface area contributed by atoms with E-state index in [0.717, 1.165) is 46.3 Å². The van der Waals surface area contributed by atoms with Gasteiger partial charge < -0.3 is 95.2 Å². The number of aliphatic carboxylic acids is 2. The average Bonchev–Trinajstić information content (AvgIpc) is 1.65. The number of aromatic hydroxyl groups is 2. The van der Waals surface area contributed by atoms with E-state index in [0.29, 0.717) is 34.0 Å². The van der Waals surface area contributed by atoms with Crippen LogP contribution in [0.5, 0.6) is 11.5 Å². The fourth-order valence-electron chi connectivity index (χ4n) is 16.5. The van der Waals surface area contributed by atoms with Crippen LogP contribution in [0, 0.1) is 35.5 Å². The van der Waals surface area contributed by atoms with E-state index in [-0.39, 0.29) is 133 Å². The van der Waals surface area contributed by atoms with Crippen LogP contribution in [0.4, 0.5) is 9.59 Å². The van der Waals surface area contributed by atoms with Gasteiger partial charge in [-0.25, -0.2) is 14.4 Å². The number of amides is 12. The molecule has 42 heteroatoms. The molecular weight excluding hydrogens is 1750 g/mol. The number of aromatic amines is 1. The number of aliphatic hydroxyl groups excluding tert-OH is 1. The number of carboxylic acids is 2. The molecule has 20 N–H and O–H groups in total. The number of para-hydroxylation sites is 1. The maximum Gasteiger partial charge on any atom is 0.326 e. The second-order valence-corrected chi connectivity index (χ2v) is 36.7. The van der Waals surface area contributed by atoms with Gasteiger partial charge in [0, 0.05) is 166 Å². The van der Waals surface area contributed by atoms with Gasteiger partial charge in [0.25, 0.3) is 0 Å². The molecule has 5 heterocycles. The Morgan fingerprint density at radius 2 is 1.24 bits per heavy atom. The average molecular weight is 1880 g/mol. The van der Waals surface area contributed by atoms with Crippen molar-refractivity contribution in [1.82, 2.24) is 52.4 Å². The van der Waals surface area contributed by atoms with Crippen LogP contribution in [0.3, 0.4) is 0 Å². The van der Waals surface area contributed by atoms with Crippen LogP contribution in [0.15, 0.2) is 89.3 Å². The van der Waals surface area contributed by atoms with Gasteiger partial charge in [0.1, 0.15) is 47.3 Å². The smallest absolute Gasteiger partial charge is 0.326 e. The number of benzene rings is 3. The highest BCUT2D eigenvalue weighted by atomic mass is 33.1. The number of unbranched alkanes of at least 4 members (excludes halogenated alkanes) is 2. The SMILES string of the molecule is CCCCCC(=O)CCC(=O)N[C@H]1CSSC[C@@H]2NC(=O)[C@H](CCCNC(N)=O)CC(=O)[C@@H]3CCCN3C(=O)[C@H](CC(=O)O)CC(=O)[C@H]([C@@H](C)O)NC(=O)[C@@H](CC1=O)CC1C=[N+](CCC[C@@H](C(=O)C[C@@H](Cc3ccc(O)cc3)C(=O)N[C@@H](Cc3ccc(O)cc3)C(=O)O)NC(=O)[C@H](CCC(N)=O)CC(=O)[C@H](Cc3c[nH]c4ccccc34)NC(=O)[C@H](CCCNC(N)=O)CC2=O)N=N1. The van der Waals surface area contributed by atoms with Crippen molar-refractivity contribution < 1.29 is 121 Å². The lowest BCUT2D eigenvalue weighted by atomic mass is 9.88. The quantitative estimate of drug-likeness (QED) is 0.0181. The number of ketones is 7. The Morgan fingerprint density at radius 3 is 1.88 bits per heavy atom. The number of urea groups is 2. The molecule has 132 heavy (non-hydrogen) atoms. The molecular formula is C90H121N16O24S2+. The molecule has 0 spiro atoms. The van der Waals surface area contributed by atoms with Gasteiger partial charge in [-0.2, -0.15) is 0 Å². The van der Waals surface area contributed by atoms with Gasteiger partial charge in [-0.1, -0.05) is 83.8 Å². The molecule has 0 saturated carbocycles. The summed E-state index contributed by atoms with van der Waals surface area (Å²) in [5.41, 5.74) is 18.5. The van der Waals surface area contributed by atoms with Crippen LogP contribution >= 0.6 is 21.6 Å². The Balaban J connectivity index is 1.30. The van der Waals surface area contributed by atoms with Crippen molar-refractivity contribution in [2.24, 2.45) is 63.0 Å². The van der Waals surface area contributed by atoms with Gasteiger partial charge in [-0.3, -0.25) is 76.7 Å². The number of fused-ring (bicyclic) bond motifs is 11. The third-order valence-electron chi connectivity index (χ3n) is 23.8. The molecule has 0 radical (unpaired) electrons. The monoisotopic (exact) mass is 1870 g/mol. The lowest BCUT2D eigenvalue weighted by Crippen LogP contribution is -2.52. The maximum absolute atomic E-state index is 15.7. The summed E-state index contributed by atoms with van der Waals surface area (Å²) in [6.45, 7) is 2.45. The normalized spacial score (nSPS) is 23.5. The number of Topliss-reactive ketones (excluding diaryl/α,β-unsaturated/α-hetero) is 7. The summed E-state index contributed by atoms with van der Waals surface area (Å²) in [7, 11) is 1.78. The zero-order valence-corrected chi connectivity index (χ0v) is 75.5. The third kappa shape index (κ3) is 34.1. The van der Waals surface area contributed by atoms with E-state index in [4.69, 9.17) is 17.2 Å². The number of H-pyrrole nitrogens is 1. The van der Waals surface area contributed by atoms with E-state index in [1.54, 1.807) is 30.5 Å². The molecule has 40 nitrogen and oxygen atoms in total. The first-order valence-electron chi connectivity index (χ1n) is 44.6. The number of rotatable bonds is 34. The number of nitrogens with two attached hydrogens (primary N) is 3. The van der Waals surface area contributed by atoms with Gasteiger partial charge in [0.05, 0.1) is 48.7 Å². The number of primary amides is 3. The first kappa shape index (κ1) is 105. The minimum absolute atomic E-state index is 0.00909. The van der Waals surface area contributed by atoms with E-state index in [1.165, 1.54) is 59.4 Å². The summed E-state index contributed by atoms with van der Waals surface area (Å²) in [6, 6.07) is 3.59. The highest BCUT2D eigenvalue weighted by molar-refractivity contribution is 8.76. The number of aromatic nitrogens is 1. The largest absolute Gasteiger partial charge is 0.508 e. The van der Waals surface area contributed by atoms with Crippen molar-refractivity contribution in [3.8, 4) is 11.5 Å². The first-order chi connectivity index (χ1) is 62.9. The van der Waals surface area contributed by atoms with Crippen LogP contribution in [-0.2, 0) is 101 Å². The fourth-order valence-corrected chi connectivity index (χ4v) is 18.9. The van der Waals surface area contributed by atoms with E-state index in [2.05, 4.69) is 57.9 Å². The predicted octanol–water partition coefficient (Wildman–Crippen LogP) is 3.40. The molecule has 2 saturated heterocycles. The Hall–Kier alpha value is -12.3. The number of nitrogens with zero attached hydrogens (tertiary/aromatic N) is 4. The number of carbonyl (C=O) groups excluding carboxylic acids is 17. The lowest BCUT2D eigenvalue weighted by molar-refractivity contribution is -0.532. The molecule has 4 bridgehead atoms. The van der Waals surface area contributed by atoms with Crippen molar-refractivity contribution in [2.45, 2.75) is 242 Å². The Kier molecular flexibility index (Phi) is 41.9. The number of phenolic OH excluding ortho intramolecular Hbond substituents is 2. The number of nitrogens with one attached hydrogen (secondary N) is 9. The topological polar surface area (TPSA) is 647 Å². The molecule has 12 amide bonds. The van der Waals surface area contributed by atoms with Crippen LogP contribution in [0.25, 0.3) is 10.9 Å². The highest BCUT2D eigenvalue weighted by Crippen LogP contribution is 2.33. The number of hydrogen-bond acceptors (Lipinski definition) is 26. The standard InChI is InChI=1S/C90H120N16O24S2/c1-3-4-5-14-61(108)28-30-79(118)97-69-48-131-132-49-70-74(113)39-53(12-8-31-94-89(92)129)82(121)99-67(38-59-46-96-65-16-7-6-15-64(59)65)73(112)40-55(23-29-78(91)117)84(123)98-66(72(111)42-56(35-51-19-24-62(109)25-20-51)85(124)100-68(88(127)128)36-52-21-26-63(110)27-22-52)17-10-33-105-47-60(103-104-105)37-57(43-75(69)114)86(125)102-81(50(2)107)77(116)44-58(45-80(119)120)87(126)106-34-11-18-71(106)76(115)41-54(83(122)101-70)13-9-32-95-90(93)130/h6-7,15-16,19-22,24-27,46-47,50,53-58,60,66-71,81,96,107H,3-5,8-14,17-18,23,28-45,48-49H2,1-2H3,(H17-,91,92,93,94,95,97,98,99,100,101,102,109,110,117,118,119,120,121,122,123,124,125,127,128,129,130)/p+1/t50-,53-,54-,55-,56-,57-,58+,60?,66+,67+,68+,69+,70+,71+,81+/m1/s1. The molecule has 8 rings (SSSR count). The van der Waals surface area contributed by atoms with E-state index in [9.17, 15) is 78.3 Å². The molecule has 1 aromatic heterocycles. The zero-order chi connectivity index (χ0) is 96.3. The van der Waals surface area contributed by atoms with Gasteiger partial charge >= 0.3 is 24.0 Å². The van der Waals surface area contributed by atoms with Crippen molar-refractivity contribution in [2.75, 3.05) is 37.7 Å². The van der Waals surface area contributed by atoms with Gasteiger partial charge in [-0.15, -0.1) is 4.68 Å². The second-order valence-electron chi connectivity index (χ2n) is 34.1. The number of phenols is 2. The highest BCUT2D eigenvalue weighted by Gasteiger charge is 2.44. The van der Waals surface area contributed by atoms with Crippen LogP contribution in [0.2, 0.25) is 0 Å². The molecule has 4 aromatic rings. The van der Waals surface area contributed by atoms with Crippen LogP contribution in [-0.4, -0.2) is 250 Å². The summed E-state index contributed by atoms with van der Waals surface area (Å²) in [5, 5.41) is 82.9. The van der Waals surface area contributed by atoms with E-state index < -0.39 is 272 Å². The number of carbonyl (C=O) groups is 19. The second kappa shape index (κ2) is 52.6. The van der Waals surface area contributed by atoms with Crippen molar-refractivity contribution in [3.63, 3.8) is 0 Å². The Bertz CT molecular complexity index is 4870. The minimum Gasteiger partial charge on any atom is -0.508 e. The maximum atomic E-state index is 15.7. The van der Waals surface area contributed by atoms with Crippen LogP contribution < -0.4 is 59.7 Å². The van der Waals surface area contributed by atoms with Crippen LogP contribution in [0.1, 0.15) is 185 Å². The predicted molar refractivity (Wildman–Crippen MR) is 481 cm³/mol. The Labute approximate surface area is 769 Å². The van der Waals surface area contributed by atoms with Crippen molar-refractivity contribution in [3.05, 3.63) is 95.7 Å². The number of hydrogen-bond donors (Lipinski definition) is 17. The summed E-state index contributed by atoms with van der Waals surface area (Å²) < 4.78 is 1.30. The molecule has 4 aliphatic rings. The molecule has 3 aromatic carbocycles. The summed E-state index contributed by atoms with van der Waals surface area (Å²) in [5.74, 6) is -26.4. The molecule has 2 fully saturated rings. The molecule has 1 unspecified atom stereocenters. The fraction of sp³-hybridized carbons (Fsp3) is 0.556. The molecule has 716 valence electrons. The summed E-state index contributed by atoms with van der Waals surface area (Å²) in [4.78, 5) is 278. The van der Waals surface area contributed by atoms with Gasteiger partial charge in [-0.05, 0) is 125 Å². The Morgan fingerprint density at radius 1 is 0.629 bits per heavy atom. The number of aliphatic hydroxyl groups is 1. The minimum atomic E-state index is -1.93. The molecule has 0 aliphatic carbocycles. The van der Waals surface area contributed by atoms with E-state index in [1.807, 2.05) is 6.92 Å². The number of carboxylic acid groups (broad SMARTS) is 2. The first-order valence-corrected chi connectivity index (χ1v) is 47.1. The van der Waals surface area contributed by atoms with E-state index >= 15 is 38.4 Å². The van der Waals surface area contributed by atoms with Crippen molar-refractivity contribution in [1.29, 1.82) is 0 Å². The van der Waals surface area contributed by atoms with Crippen molar-refractivity contribution >= 4 is 150 Å². The van der Waals surface area contributed by atoms with Gasteiger partial charge in [0.15, 0.2) is 34.7 Å². The third-order valence-corrected chi connectivity index (χ3v) is 26.2. The molecule has 4 aliphatic heterocycles. The summed E-state index contributed by atoms with van der Waals surface area (Å²) in [6.07, 6.45) is -6.06. The van der Waals surface area contributed by atoms with Gasteiger partial charge in [0.2, 0.25) is 53.3 Å². The zero-order valence-electron chi connectivity index (χ0n) is 73.9. The summed E-state index contributed by atoms with van der Waals surface area (Å²) >= 11 is 0.